The maximum Gasteiger partial charge on any atom is 0.322 e. The molecule has 0 heterocycles. The third-order valence-electron chi connectivity index (χ3n) is 2.38. The van der Waals surface area contributed by atoms with Crippen molar-refractivity contribution in [2.45, 2.75) is 37.1 Å². The molecule has 0 aromatic rings. The predicted octanol–water partition coefficient (Wildman–Crippen LogP) is -1.38. The molecule has 138 valence electrons. The molecule has 13 nitrogen and oxygen atoms in total. The Morgan fingerprint density at radius 1 is 0.708 bits per heavy atom. The minimum absolute atomic E-state index is 1.06. The van der Waals surface area contributed by atoms with E-state index in [0.717, 1.165) is 0 Å². The molecule has 8 N–H and O–H groups in total. The van der Waals surface area contributed by atoms with E-state index < -0.39 is 69.3 Å². The molecular formula is C10H17N2O11P. The lowest BCUT2D eigenvalue weighted by molar-refractivity contribution is -0.146. The summed E-state index contributed by atoms with van der Waals surface area (Å²) in [6, 6.07) is 0. The summed E-state index contributed by atoms with van der Waals surface area (Å²) in [5.74, 6) is -6.26. The van der Waals surface area contributed by atoms with Crippen LogP contribution in [0.25, 0.3) is 0 Å². The van der Waals surface area contributed by atoms with E-state index in [1.165, 1.54) is 0 Å². The highest BCUT2D eigenvalue weighted by Gasteiger charge is 2.39. The van der Waals surface area contributed by atoms with Crippen LogP contribution in [0.4, 0.5) is 0 Å². The van der Waals surface area contributed by atoms with Crippen molar-refractivity contribution in [3.63, 3.8) is 0 Å². The van der Waals surface area contributed by atoms with Gasteiger partial charge in [-0.1, -0.05) is 0 Å². The summed E-state index contributed by atoms with van der Waals surface area (Å²) in [6.45, 7) is 0. The predicted molar refractivity (Wildman–Crippen MR) is 74.0 cm³/mol. The van der Waals surface area contributed by atoms with Crippen molar-refractivity contribution >= 4 is 32.1 Å². The first-order valence-electron chi connectivity index (χ1n) is 6.14. The minimum Gasteiger partial charge on any atom is -0.481 e. The van der Waals surface area contributed by atoms with E-state index >= 15 is 0 Å². The van der Waals surface area contributed by atoms with E-state index in [1.807, 2.05) is 0 Å². The summed E-state index contributed by atoms with van der Waals surface area (Å²) < 4.78 is 21.0. The summed E-state index contributed by atoms with van der Waals surface area (Å²) in [5.41, 5.74) is 5.96. The first-order chi connectivity index (χ1) is 10.8. The molecule has 0 saturated heterocycles. The van der Waals surface area contributed by atoms with Crippen molar-refractivity contribution in [3.8, 4) is 0 Å². The minimum atomic E-state index is -3.84. The van der Waals surface area contributed by atoms with E-state index in [4.69, 9.17) is 31.9 Å². The molecule has 0 spiro atoms. The number of aliphatic carboxylic acids is 4. The highest BCUT2D eigenvalue weighted by atomic mass is 31.1. The van der Waals surface area contributed by atoms with Crippen LogP contribution in [0.15, 0.2) is 0 Å². The molecule has 0 fully saturated rings. The van der Waals surface area contributed by atoms with E-state index in [-0.39, 0.29) is 0 Å². The van der Waals surface area contributed by atoms with Gasteiger partial charge in [0, 0.05) is 0 Å². The van der Waals surface area contributed by atoms with Gasteiger partial charge in [0.1, 0.15) is 11.4 Å². The topological polar surface area (TPSA) is 237 Å². The van der Waals surface area contributed by atoms with Crippen molar-refractivity contribution in [2.75, 3.05) is 0 Å². The average Bonchev–Trinajstić information content (AvgIpc) is 2.20. The first-order valence-corrected chi connectivity index (χ1v) is 7.36. The lowest BCUT2D eigenvalue weighted by atomic mass is 10.1. The fraction of sp³-hybridized carbons (Fsp3) is 0.600. The van der Waals surface area contributed by atoms with Crippen LogP contribution in [-0.4, -0.2) is 55.8 Å². The summed E-state index contributed by atoms with van der Waals surface area (Å²) >= 11 is 0. The molecule has 0 radical (unpaired) electrons. The second-order valence-corrected chi connectivity index (χ2v) is 5.77. The lowest BCUT2D eigenvalue weighted by Gasteiger charge is -2.30. The van der Waals surface area contributed by atoms with Crippen molar-refractivity contribution in [2.24, 2.45) is 11.5 Å². The van der Waals surface area contributed by atoms with Gasteiger partial charge in [0.2, 0.25) is 0 Å². The Morgan fingerprint density at radius 2 is 0.917 bits per heavy atom. The Bertz CT molecular complexity index is 471. The maximum atomic E-state index is 11.8. The van der Waals surface area contributed by atoms with Gasteiger partial charge in [-0.3, -0.25) is 32.8 Å². The molecule has 0 aromatic carbocycles. The van der Waals surface area contributed by atoms with Gasteiger partial charge in [0.25, 0.3) is 0 Å². The molecule has 0 bridgehead atoms. The number of nitrogens with two attached hydrogens (primary N) is 2. The number of carboxylic acids is 4. The number of carboxylic acid groups (broad SMARTS) is 4. The second-order valence-electron chi connectivity index (χ2n) is 4.87. The fourth-order valence-corrected chi connectivity index (χ4v) is 2.64. The molecule has 0 aliphatic rings. The fourth-order valence-electron chi connectivity index (χ4n) is 1.65. The third kappa shape index (κ3) is 9.17. The van der Waals surface area contributed by atoms with Gasteiger partial charge in [-0.05, 0) is 0 Å². The molecule has 0 unspecified atom stereocenters. The van der Waals surface area contributed by atoms with Crippen LogP contribution in [0, 0.1) is 0 Å². The van der Waals surface area contributed by atoms with Crippen molar-refractivity contribution < 1.29 is 53.2 Å². The first kappa shape index (κ1) is 21.9. The van der Waals surface area contributed by atoms with Crippen LogP contribution < -0.4 is 11.5 Å². The van der Waals surface area contributed by atoms with Crippen LogP contribution in [0.2, 0.25) is 0 Å². The quantitative estimate of drug-likeness (QED) is 0.171. The number of carbonyl (C=O) groups is 4. The number of hydrogen-bond acceptors (Lipinski definition) is 9. The monoisotopic (exact) mass is 372 g/mol. The Labute approximate surface area is 135 Å². The molecule has 0 saturated carbocycles. The van der Waals surface area contributed by atoms with E-state index in [0.29, 0.717) is 0 Å². The molecule has 0 amide bonds. The highest BCUT2D eigenvalue weighted by Crippen LogP contribution is 2.37. The molecule has 0 atom stereocenters. The zero-order valence-corrected chi connectivity index (χ0v) is 13.1. The van der Waals surface area contributed by atoms with Crippen LogP contribution in [0.5, 0.6) is 0 Å². The van der Waals surface area contributed by atoms with Crippen LogP contribution >= 0.6 is 8.25 Å². The number of hydrogen-bond donors (Lipinski definition) is 6. The van der Waals surface area contributed by atoms with Gasteiger partial charge in [-0.25, -0.2) is 0 Å². The molecular weight excluding hydrogens is 355 g/mol. The summed E-state index contributed by atoms with van der Waals surface area (Å²) in [4.78, 5) is 42.8. The normalized spacial score (nSPS) is 12.1. The van der Waals surface area contributed by atoms with Gasteiger partial charge in [0.15, 0.2) is 0 Å². The van der Waals surface area contributed by atoms with E-state index in [2.05, 4.69) is 9.05 Å². The zero-order chi connectivity index (χ0) is 19.1. The standard InChI is InChI=1S/C10H17N2O11P/c11-9(1-5(13)14,2-6(15)16)22-24(21)23-10(12,3-7(17)18)4-8(19)20/h24H,1-4,11-12H2,(H,13,14)(H,15,16)(H,17,18)(H,19,20). The Morgan fingerprint density at radius 3 is 1.08 bits per heavy atom. The third-order valence-corrected chi connectivity index (χ3v) is 3.52. The maximum absolute atomic E-state index is 11.8. The SMILES string of the molecule is NC(CC(=O)O)(CC(=O)O)O[PH](=O)OC(N)(CC(=O)O)CC(=O)O. The lowest BCUT2D eigenvalue weighted by Crippen LogP contribution is -2.47. The van der Waals surface area contributed by atoms with Crippen LogP contribution in [0.3, 0.4) is 0 Å². The van der Waals surface area contributed by atoms with Gasteiger partial charge in [-0.15, -0.1) is 0 Å². The van der Waals surface area contributed by atoms with Crippen molar-refractivity contribution in [1.29, 1.82) is 0 Å². The summed E-state index contributed by atoms with van der Waals surface area (Å²) in [6.07, 6.45) is -4.24. The summed E-state index contributed by atoms with van der Waals surface area (Å²) in [7, 11) is -3.84. The smallest absolute Gasteiger partial charge is 0.322 e. The number of rotatable bonds is 12. The van der Waals surface area contributed by atoms with Crippen LogP contribution in [-0.2, 0) is 32.8 Å². The van der Waals surface area contributed by atoms with Gasteiger partial charge in [-0.2, -0.15) is 0 Å². The molecule has 0 rings (SSSR count). The average molecular weight is 372 g/mol. The van der Waals surface area contributed by atoms with Gasteiger partial charge >= 0.3 is 32.1 Å². The molecule has 0 aliphatic carbocycles. The highest BCUT2D eigenvalue weighted by molar-refractivity contribution is 7.33. The van der Waals surface area contributed by atoms with E-state index in [1.54, 1.807) is 0 Å². The molecule has 0 aliphatic heterocycles. The Balaban J connectivity index is 5.19. The Kier molecular flexibility index (Phi) is 7.96. The van der Waals surface area contributed by atoms with Crippen LogP contribution in [0.1, 0.15) is 25.7 Å². The Hall–Kier alpha value is -2.05. The molecule has 0 aromatic heterocycles. The van der Waals surface area contributed by atoms with E-state index in [9.17, 15) is 23.7 Å². The largest absolute Gasteiger partial charge is 0.481 e. The second kappa shape index (κ2) is 8.70. The molecule has 24 heavy (non-hydrogen) atoms. The van der Waals surface area contributed by atoms with Crippen molar-refractivity contribution in [3.05, 3.63) is 0 Å². The zero-order valence-electron chi connectivity index (χ0n) is 12.1. The van der Waals surface area contributed by atoms with Crippen molar-refractivity contribution in [1.82, 2.24) is 0 Å². The summed E-state index contributed by atoms with van der Waals surface area (Å²) in [5, 5.41) is 34.7. The molecule has 14 heteroatoms. The van der Waals surface area contributed by atoms with Gasteiger partial charge < -0.3 is 31.9 Å². The van der Waals surface area contributed by atoms with Gasteiger partial charge in [0.05, 0.1) is 25.7 Å².